The lowest BCUT2D eigenvalue weighted by molar-refractivity contribution is -0.154. The molecule has 0 aliphatic heterocycles. The first-order valence-corrected chi connectivity index (χ1v) is 6.89. The molecule has 0 unspecified atom stereocenters. The monoisotopic (exact) mass is 446 g/mol. The topological polar surface area (TPSA) is 58.5 Å². The van der Waals surface area contributed by atoms with Crippen LogP contribution in [0.5, 0.6) is 5.88 Å². The average molecular weight is 446 g/mol. The maximum absolute atomic E-state index is 12.0. The van der Waals surface area contributed by atoms with Crippen LogP contribution in [-0.4, -0.2) is 37.3 Å². The highest BCUT2D eigenvalue weighted by Crippen LogP contribution is 2.16. The van der Waals surface area contributed by atoms with Gasteiger partial charge in [-0.05, 0) is 11.5 Å². The Balaban J connectivity index is 0.00000484. The molecule has 1 rings (SSSR count). The van der Waals surface area contributed by atoms with Gasteiger partial charge in [-0.2, -0.15) is 13.2 Å². The molecule has 0 spiro atoms. The Morgan fingerprint density at radius 2 is 2.00 bits per heavy atom. The molecule has 23 heavy (non-hydrogen) atoms. The minimum Gasteiger partial charge on any atom is -0.468 e. The zero-order valence-corrected chi connectivity index (χ0v) is 15.6. The summed E-state index contributed by atoms with van der Waals surface area (Å²) in [4.78, 5) is 7.91. The zero-order chi connectivity index (χ0) is 16.6. The van der Waals surface area contributed by atoms with Crippen molar-refractivity contribution in [2.45, 2.75) is 26.6 Å². The van der Waals surface area contributed by atoms with Gasteiger partial charge in [0.25, 0.3) is 0 Å². The van der Waals surface area contributed by atoms with Crippen molar-refractivity contribution in [1.29, 1.82) is 0 Å². The number of nitrogens with one attached hydrogen (secondary N) is 2. The number of rotatable bonds is 6. The first-order chi connectivity index (χ1) is 10.3. The predicted octanol–water partition coefficient (Wildman–Crippen LogP) is 2.96. The van der Waals surface area contributed by atoms with E-state index in [2.05, 4.69) is 39.2 Å². The first kappa shape index (κ1) is 21.7. The summed E-state index contributed by atoms with van der Waals surface area (Å²) in [5, 5.41) is 6.25. The molecule has 9 heteroatoms. The Labute approximate surface area is 151 Å². The predicted molar refractivity (Wildman–Crippen MR) is 94.2 cm³/mol. The molecule has 0 saturated carbocycles. The van der Waals surface area contributed by atoms with Gasteiger partial charge >= 0.3 is 6.18 Å². The number of pyridine rings is 1. The number of hydrogen-bond donors (Lipinski definition) is 2. The van der Waals surface area contributed by atoms with Gasteiger partial charge in [0.2, 0.25) is 5.88 Å². The van der Waals surface area contributed by atoms with Crippen LogP contribution in [0, 0.1) is 5.92 Å². The van der Waals surface area contributed by atoms with Gasteiger partial charge < -0.3 is 15.4 Å². The number of halogens is 4. The minimum atomic E-state index is -4.36. The zero-order valence-electron chi connectivity index (χ0n) is 13.3. The lowest BCUT2D eigenvalue weighted by Crippen LogP contribution is -2.38. The fourth-order valence-electron chi connectivity index (χ4n) is 1.46. The van der Waals surface area contributed by atoms with Gasteiger partial charge in [-0.3, -0.25) is 4.99 Å². The highest BCUT2D eigenvalue weighted by molar-refractivity contribution is 14.0. The molecule has 1 aromatic rings. The van der Waals surface area contributed by atoms with Gasteiger partial charge in [0.1, 0.15) is 0 Å². The molecule has 0 aromatic carbocycles. The van der Waals surface area contributed by atoms with Crippen molar-refractivity contribution < 1.29 is 17.9 Å². The lowest BCUT2D eigenvalue weighted by Gasteiger charge is -2.13. The smallest absolute Gasteiger partial charge is 0.422 e. The van der Waals surface area contributed by atoms with Gasteiger partial charge in [-0.1, -0.05) is 19.9 Å². The summed E-state index contributed by atoms with van der Waals surface area (Å²) in [7, 11) is 1.67. The molecule has 0 amide bonds. The summed E-state index contributed by atoms with van der Waals surface area (Å²) >= 11 is 0. The quantitative estimate of drug-likeness (QED) is 0.401. The molecule has 1 aromatic heterocycles. The number of aliphatic imine (C=N–C) groups is 1. The van der Waals surface area contributed by atoms with Crippen molar-refractivity contribution in [3.63, 3.8) is 0 Å². The summed E-state index contributed by atoms with van der Waals surface area (Å²) in [5.74, 6) is 1.10. The molecule has 1 heterocycles. The third-order valence-corrected chi connectivity index (χ3v) is 2.54. The number of nitrogens with zero attached hydrogens (tertiary/aromatic N) is 2. The maximum Gasteiger partial charge on any atom is 0.422 e. The fraction of sp³-hybridized carbons (Fsp3) is 0.571. The van der Waals surface area contributed by atoms with E-state index < -0.39 is 12.8 Å². The van der Waals surface area contributed by atoms with E-state index in [0.717, 1.165) is 12.1 Å². The number of guanidine groups is 1. The Bertz CT molecular complexity index is 478. The second kappa shape index (κ2) is 10.5. The van der Waals surface area contributed by atoms with E-state index in [-0.39, 0.29) is 29.9 Å². The van der Waals surface area contributed by atoms with Crippen LogP contribution in [0.1, 0.15) is 19.4 Å². The van der Waals surface area contributed by atoms with E-state index in [1.165, 1.54) is 12.3 Å². The lowest BCUT2D eigenvalue weighted by atomic mass is 10.2. The van der Waals surface area contributed by atoms with Crippen molar-refractivity contribution in [1.82, 2.24) is 15.6 Å². The molecule has 0 atom stereocenters. The van der Waals surface area contributed by atoms with Gasteiger partial charge in [-0.15, -0.1) is 24.0 Å². The molecule has 5 nitrogen and oxygen atoms in total. The van der Waals surface area contributed by atoms with Crippen LogP contribution < -0.4 is 15.4 Å². The second-order valence-electron chi connectivity index (χ2n) is 5.11. The summed E-state index contributed by atoms with van der Waals surface area (Å²) in [6, 6.07) is 3.06. The Morgan fingerprint density at radius 3 is 2.48 bits per heavy atom. The van der Waals surface area contributed by atoms with Crippen LogP contribution in [0.3, 0.4) is 0 Å². The van der Waals surface area contributed by atoms with Crippen molar-refractivity contribution in [2.24, 2.45) is 10.9 Å². The molecular weight excluding hydrogens is 424 g/mol. The molecule has 132 valence electrons. The minimum absolute atomic E-state index is 0. The summed E-state index contributed by atoms with van der Waals surface area (Å²) < 4.78 is 40.6. The molecule has 0 aliphatic carbocycles. The maximum atomic E-state index is 12.0. The SMILES string of the molecule is CN=C(NCc1ccc(OCC(F)(F)F)nc1)NCC(C)C.I. The van der Waals surface area contributed by atoms with Gasteiger partial charge in [0.05, 0.1) is 0 Å². The second-order valence-corrected chi connectivity index (χ2v) is 5.11. The van der Waals surface area contributed by atoms with Crippen molar-refractivity contribution in [3.05, 3.63) is 23.9 Å². The third kappa shape index (κ3) is 10.2. The number of aromatic nitrogens is 1. The first-order valence-electron chi connectivity index (χ1n) is 6.89. The van der Waals surface area contributed by atoms with Crippen LogP contribution in [-0.2, 0) is 6.54 Å². The Hall–Kier alpha value is -1.26. The van der Waals surface area contributed by atoms with E-state index >= 15 is 0 Å². The Kier molecular flexibility index (Phi) is 9.93. The van der Waals surface area contributed by atoms with Crippen LogP contribution in [0.4, 0.5) is 13.2 Å². The van der Waals surface area contributed by atoms with Crippen LogP contribution >= 0.6 is 24.0 Å². The molecule has 2 N–H and O–H groups in total. The van der Waals surface area contributed by atoms with Crippen LogP contribution in [0.2, 0.25) is 0 Å². The highest BCUT2D eigenvalue weighted by Gasteiger charge is 2.28. The molecule has 0 radical (unpaired) electrons. The third-order valence-electron chi connectivity index (χ3n) is 2.54. The summed E-state index contributed by atoms with van der Waals surface area (Å²) in [6.45, 7) is 4.09. The molecule has 0 fully saturated rings. The Morgan fingerprint density at radius 1 is 1.30 bits per heavy atom. The largest absolute Gasteiger partial charge is 0.468 e. The van der Waals surface area contributed by atoms with Gasteiger partial charge in [0.15, 0.2) is 12.6 Å². The van der Waals surface area contributed by atoms with E-state index in [1.54, 1.807) is 13.1 Å². The van der Waals surface area contributed by atoms with E-state index in [9.17, 15) is 13.2 Å². The van der Waals surface area contributed by atoms with Crippen molar-refractivity contribution >= 4 is 29.9 Å². The number of hydrogen-bond acceptors (Lipinski definition) is 3. The van der Waals surface area contributed by atoms with Crippen LogP contribution in [0.25, 0.3) is 0 Å². The summed E-state index contributed by atoms with van der Waals surface area (Å²) in [6.07, 6.45) is -2.90. The molecular formula is C14H22F3IN4O. The van der Waals surface area contributed by atoms with Crippen molar-refractivity contribution in [2.75, 3.05) is 20.2 Å². The fourth-order valence-corrected chi connectivity index (χ4v) is 1.46. The van der Waals surface area contributed by atoms with Gasteiger partial charge in [-0.25, -0.2) is 4.98 Å². The normalized spacial score (nSPS) is 11.9. The van der Waals surface area contributed by atoms with E-state index in [4.69, 9.17) is 0 Å². The van der Waals surface area contributed by atoms with E-state index in [1.807, 2.05) is 0 Å². The van der Waals surface area contributed by atoms with Gasteiger partial charge in [0, 0.05) is 32.4 Å². The van der Waals surface area contributed by atoms with E-state index in [0.29, 0.717) is 18.4 Å². The highest BCUT2D eigenvalue weighted by atomic mass is 127. The molecule has 0 aliphatic rings. The summed E-state index contributed by atoms with van der Waals surface area (Å²) in [5.41, 5.74) is 0.812. The average Bonchev–Trinajstić information content (AvgIpc) is 2.45. The molecule has 0 saturated heterocycles. The van der Waals surface area contributed by atoms with Crippen LogP contribution in [0.15, 0.2) is 23.3 Å². The number of ether oxygens (including phenoxy) is 1. The standard InChI is InChI=1S/C14H21F3N4O.HI/c1-10(2)6-20-13(18-3)21-8-11-4-5-12(19-7-11)22-9-14(15,16)17;/h4-5,7,10H,6,8-9H2,1-3H3,(H2,18,20,21);1H. The molecule has 0 bridgehead atoms. The number of alkyl halides is 3. The van der Waals surface area contributed by atoms with Crippen molar-refractivity contribution in [3.8, 4) is 5.88 Å².